The Kier molecular flexibility index (Phi) is 6.81. The average molecular weight is 317 g/mol. The Balaban J connectivity index is 2.36. The summed E-state index contributed by atoms with van der Waals surface area (Å²) in [6.07, 6.45) is 0. The first-order chi connectivity index (χ1) is 9.30. The zero-order valence-corrected chi connectivity index (χ0v) is 13.8. The van der Waals surface area contributed by atoms with Crippen LogP contribution in [0, 0.1) is 0 Å². The lowest BCUT2D eigenvalue weighted by atomic mass is 10.3. The summed E-state index contributed by atoms with van der Waals surface area (Å²) in [4.78, 5) is 2.96. The van der Waals surface area contributed by atoms with Crippen molar-refractivity contribution in [2.75, 3.05) is 37.9 Å². The molecule has 5 nitrogen and oxygen atoms in total. The van der Waals surface area contributed by atoms with Gasteiger partial charge >= 0.3 is 0 Å². The average Bonchev–Trinajstić information content (AvgIpc) is 2.36. The predicted octanol–water partition coefficient (Wildman–Crippen LogP) is 1.23. The molecule has 1 unspecified atom stereocenters. The highest BCUT2D eigenvalue weighted by atomic mass is 32.2. The van der Waals surface area contributed by atoms with Gasteiger partial charge in [0, 0.05) is 28.9 Å². The number of nitrogens with two attached hydrogens (primary N) is 1. The smallest absolute Gasteiger partial charge is 0.212 e. The van der Waals surface area contributed by atoms with Crippen LogP contribution in [0.15, 0.2) is 29.2 Å². The highest BCUT2D eigenvalue weighted by Gasteiger charge is 2.13. The van der Waals surface area contributed by atoms with Gasteiger partial charge in [-0.25, -0.2) is 13.1 Å². The maximum absolute atomic E-state index is 11.8. The molecule has 1 aromatic rings. The SMILES string of the molecule is CC(CNS(=O)(=O)CCSc1cccc(N)c1)N(C)C. The van der Waals surface area contributed by atoms with Crippen LogP contribution in [0.5, 0.6) is 0 Å². The quantitative estimate of drug-likeness (QED) is 0.557. The van der Waals surface area contributed by atoms with Crippen LogP contribution < -0.4 is 10.5 Å². The molecule has 0 aliphatic carbocycles. The molecule has 0 aliphatic rings. The molecule has 0 saturated carbocycles. The van der Waals surface area contributed by atoms with Crippen LogP contribution in [0.4, 0.5) is 5.69 Å². The number of thioether (sulfide) groups is 1. The molecule has 114 valence electrons. The number of hydrogen-bond acceptors (Lipinski definition) is 5. The topological polar surface area (TPSA) is 75.4 Å². The Hall–Kier alpha value is -0.760. The van der Waals surface area contributed by atoms with Gasteiger partial charge in [0.1, 0.15) is 0 Å². The van der Waals surface area contributed by atoms with Crippen LogP contribution in [-0.4, -0.2) is 51.5 Å². The van der Waals surface area contributed by atoms with E-state index in [4.69, 9.17) is 5.73 Å². The Labute approximate surface area is 126 Å². The first-order valence-electron chi connectivity index (χ1n) is 6.42. The molecule has 7 heteroatoms. The second-order valence-corrected chi connectivity index (χ2v) is 8.00. The molecular weight excluding hydrogens is 294 g/mol. The van der Waals surface area contributed by atoms with E-state index >= 15 is 0 Å². The number of nitrogens with zero attached hydrogens (tertiary/aromatic N) is 1. The largest absolute Gasteiger partial charge is 0.399 e. The van der Waals surface area contributed by atoms with Crippen LogP contribution in [0.25, 0.3) is 0 Å². The third-order valence-corrected chi connectivity index (χ3v) is 5.56. The number of nitrogens with one attached hydrogen (secondary N) is 1. The molecule has 0 amide bonds. The fourth-order valence-electron chi connectivity index (χ4n) is 1.38. The van der Waals surface area contributed by atoms with Crippen molar-refractivity contribution in [1.29, 1.82) is 0 Å². The minimum absolute atomic E-state index is 0.104. The fourth-order valence-corrected chi connectivity index (χ4v) is 3.86. The van der Waals surface area contributed by atoms with Crippen molar-refractivity contribution in [3.8, 4) is 0 Å². The molecule has 0 aromatic heterocycles. The lowest BCUT2D eigenvalue weighted by molar-refractivity contribution is 0.314. The van der Waals surface area contributed by atoms with Crippen molar-refractivity contribution >= 4 is 27.5 Å². The van der Waals surface area contributed by atoms with Crippen molar-refractivity contribution in [1.82, 2.24) is 9.62 Å². The summed E-state index contributed by atoms with van der Waals surface area (Å²) in [5.74, 6) is 0.613. The lowest BCUT2D eigenvalue weighted by Crippen LogP contribution is -2.39. The molecule has 0 saturated heterocycles. The van der Waals surface area contributed by atoms with Crippen molar-refractivity contribution in [3.05, 3.63) is 24.3 Å². The second kappa shape index (κ2) is 7.87. The van der Waals surface area contributed by atoms with Gasteiger partial charge < -0.3 is 10.6 Å². The number of nitrogen functional groups attached to an aromatic ring is 1. The highest BCUT2D eigenvalue weighted by Crippen LogP contribution is 2.20. The molecule has 1 aromatic carbocycles. The second-order valence-electron chi connectivity index (χ2n) is 4.90. The molecule has 0 bridgehead atoms. The summed E-state index contributed by atoms with van der Waals surface area (Å²) < 4.78 is 26.3. The first-order valence-corrected chi connectivity index (χ1v) is 9.06. The molecule has 0 aliphatic heterocycles. The molecule has 0 fully saturated rings. The first kappa shape index (κ1) is 17.3. The minimum Gasteiger partial charge on any atom is -0.399 e. The number of sulfonamides is 1. The summed E-state index contributed by atoms with van der Waals surface area (Å²) in [7, 11) is 0.631. The Morgan fingerprint density at radius 2 is 2.10 bits per heavy atom. The normalized spacial score (nSPS) is 13.6. The summed E-state index contributed by atoms with van der Waals surface area (Å²) in [5, 5.41) is 0. The molecule has 3 N–H and O–H groups in total. The van der Waals surface area contributed by atoms with Gasteiger partial charge in [0.2, 0.25) is 10.0 Å². The third kappa shape index (κ3) is 6.60. The van der Waals surface area contributed by atoms with Gasteiger partial charge in [-0.1, -0.05) is 6.07 Å². The van der Waals surface area contributed by atoms with Crippen molar-refractivity contribution in [3.63, 3.8) is 0 Å². The summed E-state index contributed by atoms with van der Waals surface area (Å²) in [5.41, 5.74) is 6.37. The Morgan fingerprint density at radius 3 is 2.70 bits per heavy atom. The fraction of sp³-hybridized carbons (Fsp3) is 0.538. The number of rotatable bonds is 8. The highest BCUT2D eigenvalue weighted by molar-refractivity contribution is 8.00. The zero-order chi connectivity index (χ0) is 15.2. The number of benzene rings is 1. The van der Waals surface area contributed by atoms with Gasteiger partial charge in [-0.2, -0.15) is 0 Å². The Morgan fingerprint density at radius 1 is 1.40 bits per heavy atom. The number of likely N-dealkylation sites (N-methyl/N-ethyl adjacent to an activating group) is 1. The van der Waals surface area contributed by atoms with E-state index in [1.54, 1.807) is 0 Å². The van der Waals surface area contributed by atoms with E-state index in [9.17, 15) is 8.42 Å². The van der Waals surface area contributed by atoms with E-state index in [0.717, 1.165) is 4.90 Å². The Bertz CT molecular complexity index is 518. The van der Waals surface area contributed by atoms with E-state index in [1.165, 1.54) is 11.8 Å². The molecule has 1 rings (SSSR count). The van der Waals surface area contributed by atoms with Crippen molar-refractivity contribution in [2.24, 2.45) is 0 Å². The lowest BCUT2D eigenvalue weighted by Gasteiger charge is -2.19. The monoisotopic (exact) mass is 317 g/mol. The van der Waals surface area contributed by atoms with E-state index in [2.05, 4.69) is 4.72 Å². The van der Waals surface area contributed by atoms with E-state index in [1.807, 2.05) is 50.2 Å². The predicted molar refractivity (Wildman–Crippen MR) is 86.5 cm³/mol. The van der Waals surface area contributed by atoms with Gasteiger partial charge in [0.05, 0.1) is 5.75 Å². The van der Waals surface area contributed by atoms with Crippen LogP contribution in [-0.2, 0) is 10.0 Å². The van der Waals surface area contributed by atoms with Gasteiger partial charge in [-0.3, -0.25) is 0 Å². The maximum Gasteiger partial charge on any atom is 0.212 e. The van der Waals surface area contributed by atoms with Gasteiger partial charge in [-0.05, 0) is 39.2 Å². The minimum atomic E-state index is -3.22. The molecular formula is C13H23N3O2S2. The van der Waals surface area contributed by atoms with Gasteiger partial charge in [0.15, 0.2) is 0 Å². The summed E-state index contributed by atoms with van der Waals surface area (Å²) in [6, 6.07) is 7.62. The van der Waals surface area contributed by atoms with Crippen LogP contribution in [0.1, 0.15) is 6.92 Å². The zero-order valence-electron chi connectivity index (χ0n) is 12.2. The van der Waals surface area contributed by atoms with E-state index < -0.39 is 10.0 Å². The molecule has 1 atom stereocenters. The summed E-state index contributed by atoms with van der Waals surface area (Å²) in [6.45, 7) is 2.41. The van der Waals surface area contributed by atoms with Crippen LogP contribution in [0.3, 0.4) is 0 Å². The third-order valence-electron chi connectivity index (χ3n) is 2.96. The molecule has 0 radical (unpaired) electrons. The number of anilines is 1. The van der Waals surface area contributed by atoms with Crippen LogP contribution in [0.2, 0.25) is 0 Å². The molecule has 0 spiro atoms. The van der Waals surface area contributed by atoms with Crippen molar-refractivity contribution in [2.45, 2.75) is 17.9 Å². The van der Waals surface area contributed by atoms with Gasteiger partial charge in [-0.15, -0.1) is 11.8 Å². The van der Waals surface area contributed by atoms with E-state index in [-0.39, 0.29) is 11.8 Å². The summed E-state index contributed by atoms with van der Waals surface area (Å²) >= 11 is 1.49. The van der Waals surface area contributed by atoms with E-state index in [0.29, 0.717) is 18.0 Å². The molecule has 20 heavy (non-hydrogen) atoms. The van der Waals surface area contributed by atoms with Crippen LogP contribution >= 0.6 is 11.8 Å². The number of hydrogen-bond donors (Lipinski definition) is 2. The molecule has 0 heterocycles. The van der Waals surface area contributed by atoms with Crippen molar-refractivity contribution < 1.29 is 8.42 Å². The van der Waals surface area contributed by atoms with Gasteiger partial charge in [0.25, 0.3) is 0 Å². The maximum atomic E-state index is 11.8. The standard InChI is InChI=1S/C13H23N3O2S2/c1-11(16(2)3)10-15-20(17,18)8-7-19-13-6-4-5-12(14)9-13/h4-6,9,11,15H,7-8,10,14H2,1-3H3.